The summed E-state index contributed by atoms with van der Waals surface area (Å²) in [6, 6.07) is 6.20. The van der Waals surface area contributed by atoms with E-state index in [1.807, 2.05) is 12.1 Å². The van der Waals surface area contributed by atoms with E-state index >= 15 is 0 Å². The highest BCUT2D eigenvalue weighted by Gasteiger charge is 2.27. The first-order valence-electron chi connectivity index (χ1n) is 14.1. The van der Waals surface area contributed by atoms with Crippen LogP contribution in [0.25, 0.3) is 0 Å². The maximum absolute atomic E-state index is 12.8. The minimum Gasteiger partial charge on any atom is -0.496 e. The number of alkyl halides is 1. The fourth-order valence-corrected chi connectivity index (χ4v) is 7.51. The fourth-order valence-electron chi connectivity index (χ4n) is 6.08. The maximum Gasteiger partial charge on any atom is 0.223 e. The first-order chi connectivity index (χ1) is 17.8. The van der Waals surface area contributed by atoms with Crippen molar-refractivity contribution in [1.29, 1.82) is 0 Å². The van der Waals surface area contributed by atoms with Crippen molar-refractivity contribution in [3.63, 3.8) is 0 Å². The first-order valence-corrected chi connectivity index (χ1v) is 15.3. The number of hydrogen-bond donors (Lipinski definition) is 1. The van der Waals surface area contributed by atoms with E-state index in [0.29, 0.717) is 0 Å². The van der Waals surface area contributed by atoms with Crippen LogP contribution in [-0.2, 0) is 4.79 Å². The summed E-state index contributed by atoms with van der Waals surface area (Å²) in [5.74, 6) is 2.08. The molecule has 3 aliphatic heterocycles. The molecular formula is C30H45IN4O2. The van der Waals surface area contributed by atoms with E-state index in [-0.39, 0.29) is 11.8 Å². The van der Waals surface area contributed by atoms with Gasteiger partial charge in [-0.1, -0.05) is 47.2 Å². The molecule has 3 heterocycles. The molecule has 0 aromatic heterocycles. The van der Waals surface area contributed by atoms with Crippen LogP contribution >= 0.6 is 22.6 Å². The Morgan fingerprint density at radius 3 is 2.68 bits per heavy atom. The minimum atomic E-state index is 0.140. The second kappa shape index (κ2) is 13.6. The Hall–Kier alpha value is -1.45. The third-order valence-electron chi connectivity index (χ3n) is 8.21. The van der Waals surface area contributed by atoms with E-state index in [1.165, 1.54) is 36.3 Å². The number of allylic oxidation sites excluding steroid dienone is 1. The molecule has 2 saturated heterocycles. The summed E-state index contributed by atoms with van der Waals surface area (Å²) in [5.41, 5.74) is 6.07. The van der Waals surface area contributed by atoms with Gasteiger partial charge in [-0.05, 0) is 89.6 Å². The van der Waals surface area contributed by atoms with Gasteiger partial charge in [0.15, 0.2) is 0 Å². The van der Waals surface area contributed by atoms with Gasteiger partial charge in [0.25, 0.3) is 0 Å². The molecule has 0 radical (unpaired) electrons. The Balaban J connectivity index is 1.23. The largest absolute Gasteiger partial charge is 0.496 e. The molecule has 0 aliphatic carbocycles. The third kappa shape index (κ3) is 7.79. The molecule has 3 aliphatic rings. The number of amides is 1. The summed E-state index contributed by atoms with van der Waals surface area (Å²) in [6.45, 7) is 13.8. The topological polar surface area (TPSA) is 57.2 Å². The van der Waals surface area contributed by atoms with Crippen LogP contribution in [0.4, 0.5) is 0 Å². The highest BCUT2D eigenvalue weighted by molar-refractivity contribution is 14.1. The molecule has 1 N–H and O–H groups in total. The standard InChI is InChI=1S/C30H45IN4O2/c1-21-17-25(31)19-35(18-21)14-6-13-32-30(36)24-11-15-34(16-12-24)20-27-22(2)9-10-26(33-27)29-23(3)7-5-8-28(29)37-4/h5,7-8,21,24-25H,6,9-20H2,1-4H3,(H,32,36)/t21-,25+/m1/s1. The van der Waals surface area contributed by atoms with Crippen molar-refractivity contribution >= 4 is 34.2 Å². The second-order valence-electron chi connectivity index (χ2n) is 11.3. The molecule has 1 aromatic rings. The molecule has 204 valence electrons. The quantitative estimate of drug-likeness (QED) is 0.234. The molecule has 0 spiro atoms. The molecule has 0 bridgehead atoms. The van der Waals surface area contributed by atoms with E-state index in [9.17, 15) is 4.79 Å². The maximum atomic E-state index is 12.8. The van der Waals surface area contributed by atoms with Crippen molar-refractivity contribution < 1.29 is 9.53 Å². The summed E-state index contributed by atoms with van der Waals surface area (Å²) < 4.78 is 6.41. The monoisotopic (exact) mass is 620 g/mol. The van der Waals surface area contributed by atoms with Gasteiger partial charge in [-0.3, -0.25) is 14.7 Å². The predicted octanol–water partition coefficient (Wildman–Crippen LogP) is 5.22. The summed E-state index contributed by atoms with van der Waals surface area (Å²) in [4.78, 5) is 23.0. The highest BCUT2D eigenvalue weighted by atomic mass is 127. The molecule has 4 rings (SSSR count). The van der Waals surface area contributed by atoms with E-state index in [2.05, 4.69) is 64.5 Å². The summed E-state index contributed by atoms with van der Waals surface area (Å²) in [6.07, 6.45) is 6.23. The minimum absolute atomic E-state index is 0.140. The van der Waals surface area contributed by atoms with Crippen LogP contribution in [0.1, 0.15) is 63.5 Å². The lowest BCUT2D eigenvalue weighted by molar-refractivity contribution is -0.126. The molecule has 7 heteroatoms. The van der Waals surface area contributed by atoms with Gasteiger partial charge in [0.05, 0.1) is 18.5 Å². The number of piperidine rings is 2. The number of ether oxygens (including phenoxy) is 1. The first kappa shape index (κ1) is 28.6. The van der Waals surface area contributed by atoms with E-state index in [4.69, 9.17) is 9.73 Å². The second-order valence-corrected chi connectivity index (χ2v) is 13.1. The number of halogens is 1. The molecular weight excluding hydrogens is 575 g/mol. The Bertz CT molecular complexity index is 989. The molecule has 6 nitrogen and oxygen atoms in total. The lowest BCUT2D eigenvalue weighted by Crippen LogP contribution is -2.43. The SMILES string of the molecule is COc1cccc(C)c1C1=NC(CN2CCC(C(=O)NCCCN3C[C@H](C)C[C@H](I)C3)CC2)=C(C)CC1. The molecule has 37 heavy (non-hydrogen) atoms. The number of benzene rings is 1. The van der Waals surface area contributed by atoms with Crippen LogP contribution in [0.2, 0.25) is 0 Å². The lowest BCUT2D eigenvalue weighted by atomic mass is 9.93. The summed E-state index contributed by atoms with van der Waals surface area (Å²) >= 11 is 2.59. The van der Waals surface area contributed by atoms with Crippen molar-refractivity contribution in [3.8, 4) is 5.75 Å². The predicted molar refractivity (Wildman–Crippen MR) is 161 cm³/mol. The summed E-state index contributed by atoms with van der Waals surface area (Å²) in [5, 5.41) is 3.23. The van der Waals surface area contributed by atoms with Crippen LogP contribution < -0.4 is 10.1 Å². The van der Waals surface area contributed by atoms with Crippen molar-refractivity contribution in [2.75, 3.05) is 52.9 Å². The third-order valence-corrected chi connectivity index (χ3v) is 9.11. The number of nitrogens with one attached hydrogen (secondary N) is 1. The van der Waals surface area contributed by atoms with E-state index in [0.717, 1.165) is 91.7 Å². The van der Waals surface area contributed by atoms with Gasteiger partial charge in [-0.15, -0.1) is 0 Å². The number of carbonyl (C=O) groups is 1. The van der Waals surface area contributed by atoms with Gasteiger partial charge in [0, 0.05) is 41.6 Å². The molecule has 2 fully saturated rings. The van der Waals surface area contributed by atoms with Gasteiger partial charge in [0.1, 0.15) is 5.75 Å². The molecule has 2 atom stereocenters. The van der Waals surface area contributed by atoms with E-state index in [1.54, 1.807) is 7.11 Å². The average molecular weight is 621 g/mol. The number of likely N-dealkylation sites (tertiary alicyclic amines) is 2. The molecule has 1 amide bonds. The van der Waals surface area contributed by atoms with Gasteiger partial charge < -0.3 is 15.0 Å². The number of hydrogen-bond acceptors (Lipinski definition) is 5. The van der Waals surface area contributed by atoms with Crippen LogP contribution in [0.3, 0.4) is 0 Å². The Kier molecular flexibility index (Phi) is 10.5. The lowest BCUT2D eigenvalue weighted by Gasteiger charge is -2.34. The van der Waals surface area contributed by atoms with Crippen molar-refractivity contribution in [3.05, 3.63) is 40.6 Å². The number of carbonyl (C=O) groups excluding carboxylic acids is 1. The van der Waals surface area contributed by atoms with Gasteiger partial charge in [-0.2, -0.15) is 0 Å². The number of aryl methyl sites for hydroxylation is 1. The fraction of sp³-hybridized carbons (Fsp3) is 0.667. The van der Waals surface area contributed by atoms with Crippen molar-refractivity contribution in [2.45, 2.75) is 63.2 Å². The van der Waals surface area contributed by atoms with Gasteiger partial charge >= 0.3 is 0 Å². The van der Waals surface area contributed by atoms with E-state index < -0.39 is 0 Å². The zero-order valence-corrected chi connectivity index (χ0v) is 25.4. The zero-order valence-electron chi connectivity index (χ0n) is 23.2. The summed E-state index contributed by atoms with van der Waals surface area (Å²) in [7, 11) is 1.74. The van der Waals surface area contributed by atoms with Crippen LogP contribution in [-0.4, -0.2) is 78.3 Å². The highest BCUT2D eigenvalue weighted by Crippen LogP contribution is 2.30. The van der Waals surface area contributed by atoms with Gasteiger partial charge in [0.2, 0.25) is 5.91 Å². The number of nitrogens with zero attached hydrogens (tertiary/aromatic N) is 3. The number of methoxy groups -OCH3 is 1. The molecule has 1 aromatic carbocycles. The van der Waals surface area contributed by atoms with Gasteiger partial charge in [-0.25, -0.2) is 0 Å². The average Bonchev–Trinajstić information content (AvgIpc) is 2.87. The van der Waals surface area contributed by atoms with Crippen molar-refractivity contribution in [2.24, 2.45) is 16.8 Å². The van der Waals surface area contributed by atoms with Crippen LogP contribution in [0.15, 0.2) is 34.5 Å². The normalized spacial score (nSPS) is 24.2. The Morgan fingerprint density at radius 2 is 1.95 bits per heavy atom. The Labute approximate surface area is 237 Å². The Morgan fingerprint density at radius 1 is 1.16 bits per heavy atom. The van der Waals surface area contributed by atoms with Crippen LogP contribution in [0.5, 0.6) is 5.75 Å². The smallest absolute Gasteiger partial charge is 0.223 e. The molecule has 0 unspecified atom stereocenters. The number of aliphatic imine (C=N–C) groups is 1. The number of rotatable bonds is 9. The molecule has 0 saturated carbocycles. The van der Waals surface area contributed by atoms with Crippen LogP contribution in [0, 0.1) is 18.8 Å². The zero-order chi connectivity index (χ0) is 26.4. The van der Waals surface area contributed by atoms with Crippen molar-refractivity contribution in [1.82, 2.24) is 15.1 Å².